The van der Waals surface area contributed by atoms with Gasteiger partial charge in [0.25, 0.3) is 0 Å². The van der Waals surface area contributed by atoms with E-state index in [0.29, 0.717) is 34.5 Å². The Balaban J connectivity index is 1.52. The zero-order valence-corrected chi connectivity index (χ0v) is 15.5. The van der Waals surface area contributed by atoms with Crippen LogP contribution in [-0.2, 0) is 6.61 Å². The number of allylic oxidation sites excluding steroid dienone is 1. The molecule has 0 N–H and O–H groups in total. The number of fused-ring (bicyclic) bond motifs is 1. The molecule has 0 aromatic heterocycles. The zero-order chi connectivity index (χ0) is 18.8. The molecule has 0 saturated heterocycles. The Bertz CT molecular complexity index is 1040. The maximum atomic E-state index is 12.6. The molecular formula is C23H17ClO3. The number of carbonyl (C=O) groups is 1. The van der Waals surface area contributed by atoms with Crippen molar-refractivity contribution in [1.82, 2.24) is 0 Å². The van der Waals surface area contributed by atoms with Crippen LogP contribution in [0.2, 0.25) is 5.02 Å². The Hall–Kier alpha value is -3.04. The summed E-state index contributed by atoms with van der Waals surface area (Å²) in [5.74, 6) is 1.33. The standard InChI is InChI=1S/C23H17ClO3/c1-15-6-8-16(9-7-15)12-22-23(25)19-11-10-18(13-21(19)27-22)26-14-17-4-2-3-5-20(17)24/h2-13H,14H2,1H3/b22-12-. The molecular weight excluding hydrogens is 360 g/mol. The first kappa shape index (κ1) is 17.4. The number of halogens is 1. The smallest absolute Gasteiger partial charge is 0.231 e. The Labute approximate surface area is 162 Å². The van der Waals surface area contributed by atoms with Gasteiger partial charge in [-0.15, -0.1) is 0 Å². The van der Waals surface area contributed by atoms with E-state index in [2.05, 4.69) is 0 Å². The highest BCUT2D eigenvalue weighted by molar-refractivity contribution is 6.31. The van der Waals surface area contributed by atoms with Gasteiger partial charge in [0, 0.05) is 16.7 Å². The van der Waals surface area contributed by atoms with Crippen molar-refractivity contribution in [2.24, 2.45) is 0 Å². The molecule has 27 heavy (non-hydrogen) atoms. The molecule has 0 amide bonds. The molecule has 1 heterocycles. The average Bonchev–Trinajstić information content (AvgIpc) is 2.98. The fourth-order valence-electron chi connectivity index (χ4n) is 2.85. The van der Waals surface area contributed by atoms with Crippen molar-refractivity contribution in [2.75, 3.05) is 0 Å². The third-order valence-corrected chi connectivity index (χ3v) is 4.74. The summed E-state index contributed by atoms with van der Waals surface area (Å²) in [5.41, 5.74) is 3.53. The molecule has 4 heteroatoms. The molecule has 0 aliphatic carbocycles. The molecule has 0 spiro atoms. The molecule has 3 aromatic carbocycles. The molecule has 1 aliphatic heterocycles. The summed E-state index contributed by atoms with van der Waals surface area (Å²) < 4.78 is 11.6. The van der Waals surface area contributed by atoms with E-state index >= 15 is 0 Å². The quantitative estimate of drug-likeness (QED) is 0.536. The van der Waals surface area contributed by atoms with Gasteiger partial charge in [-0.2, -0.15) is 0 Å². The van der Waals surface area contributed by atoms with Crippen LogP contribution >= 0.6 is 11.6 Å². The molecule has 134 valence electrons. The van der Waals surface area contributed by atoms with Crippen molar-refractivity contribution in [3.63, 3.8) is 0 Å². The van der Waals surface area contributed by atoms with Crippen LogP contribution in [0.5, 0.6) is 11.5 Å². The number of hydrogen-bond acceptors (Lipinski definition) is 3. The van der Waals surface area contributed by atoms with E-state index in [1.54, 1.807) is 24.3 Å². The van der Waals surface area contributed by atoms with Gasteiger partial charge >= 0.3 is 0 Å². The molecule has 4 rings (SSSR count). The van der Waals surface area contributed by atoms with Crippen molar-refractivity contribution in [3.05, 3.63) is 99.8 Å². The van der Waals surface area contributed by atoms with Gasteiger partial charge in [0.15, 0.2) is 5.76 Å². The predicted octanol–water partition coefficient (Wildman–Crippen LogP) is 5.84. The second-order valence-electron chi connectivity index (χ2n) is 6.39. The SMILES string of the molecule is Cc1ccc(/C=C2\Oc3cc(OCc4ccccc4Cl)ccc3C2=O)cc1. The second kappa shape index (κ2) is 7.29. The number of Topliss-reactive ketones (excluding diaryl/α,β-unsaturated/α-hetero) is 1. The summed E-state index contributed by atoms with van der Waals surface area (Å²) in [5, 5.41) is 0.661. The van der Waals surface area contributed by atoms with Gasteiger partial charge in [-0.05, 0) is 36.8 Å². The summed E-state index contributed by atoms with van der Waals surface area (Å²) in [4.78, 5) is 12.6. The third-order valence-electron chi connectivity index (χ3n) is 4.37. The van der Waals surface area contributed by atoms with E-state index < -0.39 is 0 Å². The molecule has 3 nitrogen and oxygen atoms in total. The van der Waals surface area contributed by atoms with Crippen LogP contribution in [0.4, 0.5) is 0 Å². The number of rotatable bonds is 4. The summed E-state index contributed by atoms with van der Waals surface area (Å²) >= 11 is 6.15. The van der Waals surface area contributed by atoms with Gasteiger partial charge in [-0.1, -0.05) is 59.6 Å². The number of ether oxygens (including phenoxy) is 2. The Kier molecular flexibility index (Phi) is 4.69. The number of aryl methyl sites for hydroxylation is 1. The van der Waals surface area contributed by atoms with Crippen LogP contribution in [0.25, 0.3) is 6.08 Å². The minimum Gasteiger partial charge on any atom is -0.489 e. The fourth-order valence-corrected chi connectivity index (χ4v) is 3.04. The van der Waals surface area contributed by atoms with E-state index in [0.717, 1.165) is 11.1 Å². The lowest BCUT2D eigenvalue weighted by Crippen LogP contribution is -1.98. The van der Waals surface area contributed by atoms with E-state index in [4.69, 9.17) is 21.1 Å². The van der Waals surface area contributed by atoms with Crippen molar-refractivity contribution in [1.29, 1.82) is 0 Å². The maximum Gasteiger partial charge on any atom is 0.231 e. The highest BCUT2D eigenvalue weighted by Crippen LogP contribution is 2.35. The van der Waals surface area contributed by atoms with Gasteiger partial charge in [-0.25, -0.2) is 0 Å². The van der Waals surface area contributed by atoms with Gasteiger partial charge < -0.3 is 9.47 Å². The van der Waals surface area contributed by atoms with Crippen LogP contribution in [0.15, 0.2) is 72.5 Å². The second-order valence-corrected chi connectivity index (χ2v) is 6.80. The monoisotopic (exact) mass is 376 g/mol. The van der Waals surface area contributed by atoms with E-state index in [-0.39, 0.29) is 5.78 Å². The average molecular weight is 377 g/mol. The van der Waals surface area contributed by atoms with Crippen molar-refractivity contribution in [2.45, 2.75) is 13.5 Å². The Morgan fingerprint density at radius 3 is 2.59 bits per heavy atom. The molecule has 1 aliphatic rings. The van der Waals surface area contributed by atoms with Crippen LogP contribution in [-0.4, -0.2) is 5.78 Å². The molecule has 0 atom stereocenters. The lowest BCUT2D eigenvalue weighted by Gasteiger charge is -2.08. The summed E-state index contributed by atoms with van der Waals surface area (Å²) in [6.07, 6.45) is 1.76. The minimum absolute atomic E-state index is 0.122. The normalized spacial score (nSPS) is 14.1. The lowest BCUT2D eigenvalue weighted by atomic mass is 10.1. The topological polar surface area (TPSA) is 35.5 Å². The summed E-state index contributed by atoms with van der Waals surface area (Å²) in [7, 11) is 0. The predicted molar refractivity (Wildman–Crippen MR) is 106 cm³/mol. The number of carbonyl (C=O) groups excluding carboxylic acids is 1. The van der Waals surface area contributed by atoms with Gasteiger partial charge in [0.2, 0.25) is 5.78 Å². The van der Waals surface area contributed by atoms with Crippen molar-refractivity contribution in [3.8, 4) is 11.5 Å². The van der Waals surface area contributed by atoms with Crippen LogP contribution in [0.1, 0.15) is 27.0 Å². The third kappa shape index (κ3) is 3.74. The summed E-state index contributed by atoms with van der Waals surface area (Å²) in [6, 6.07) is 20.7. The van der Waals surface area contributed by atoms with E-state index in [1.165, 1.54) is 5.56 Å². The van der Waals surface area contributed by atoms with E-state index in [1.807, 2.05) is 55.5 Å². The molecule has 0 bridgehead atoms. The van der Waals surface area contributed by atoms with E-state index in [9.17, 15) is 4.79 Å². The lowest BCUT2D eigenvalue weighted by molar-refractivity contribution is 0.101. The van der Waals surface area contributed by atoms with Crippen LogP contribution in [0, 0.1) is 6.92 Å². The molecule has 0 radical (unpaired) electrons. The first-order chi connectivity index (χ1) is 13.1. The Morgan fingerprint density at radius 1 is 1.04 bits per heavy atom. The molecule has 3 aromatic rings. The van der Waals surface area contributed by atoms with Crippen molar-refractivity contribution < 1.29 is 14.3 Å². The van der Waals surface area contributed by atoms with Crippen LogP contribution in [0.3, 0.4) is 0 Å². The summed E-state index contributed by atoms with van der Waals surface area (Å²) in [6.45, 7) is 2.37. The Morgan fingerprint density at radius 2 is 1.81 bits per heavy atom. The number of benzene rings is 3. The van der Waals surface area contributed by atoms with Gasteiger partial charge in [0.1, 0.15) is 18.1 Å². The highest BCUT2D eigenvalue weighted by Gasteiger charge is 2.27. The molecule has 0 fully saturated rings. The fraction of sp³-hybridized carbons (Fsp3) is 0.0870. The van der Waals surface area contributed by atoms with Gasteiger partial charge in [-0.3, -0.25) is 4.79 Å². The largest absolute Gasteiger partial charge is 0.489 e. The minimum atomic E-state index is -0.122. The molecule has 0 saturated carbocycles. The van der Waals surface area contributed by atoms with Crippen LogP contribution < -0.4 is 9.47 Å². The zero-order valence-electron chi connectivity index (χ0n) is 14.7. The van der Waals surface area contributed by atoms with Gasteiger partial charge in [0.05, 0.1) is 5.56 Å². The molecule has 0 unspecified atom stereocenters. The van der Waals surface area contributed by atoms with Crippen molar-refractivity contribution >= 4 is 23.5 Å². The number of hydrogen-bond donors (Lipinski definition) is 0. The maximum absolute atomic E-state index is 12.6. The highest BCUT2D eigenvalue weighted by atomic mass is 35.5. The number of ketones is 1. The first-order valence-electron chi connectivity index (χ1n) is 8.61. The first-order valence-corrected chi connectivity index (χ1v) is 8.99.